The summed E-state index contributed by atoms with van der Waals surface area (Å²) in [5.41, 5.74) is 2.40. The number of fused-ring (bicyclic) bond motifs is 1. The van der Waals surface area contributed by atoms with E-state index in [-0.39, 0.29) is 16.5 Å². The number of sulfonamides is 1. The summed E-state index contributed by atoms with van der Waals surface area (Å²) in [6.07, 6.45) is 0. The Morgan fingerprint density at radius 2 is 1.67 bits per heavy atom. The maximum absolute atomic E-state index is 13.5. The second-order valence-corrected chi connectivity index (χ2v) is 11.0. The fourth-order valence-corrected chi connectivity index (χ4v) is 5.59. The van der Waals surface area contributed by atoms with Crippen molar-refractivity contribution in [2.45, 2.75) is 28.8 Å². The monoisotopic (exact) mass is 479 g/mol. The summed E-state index contributed by atoms with van der Waals surface area (Å²) in [5, 5.41) is 1.17. The molecule has 170 valence electrons. The number of nitrogens with zero attached hydrogens (tertiary/aromatic N) is 3. The van der Waals surface area contributed by atoms with Gasteiger partial charge in [-0.1, -0.05) is 66.4 Å². The van der Waals surface area contributed by atoms with E-state index in [1.807, 2.05) is 61.5 Å². The van der Waals surface area contributed by atoms with Gasteiger partial charge in [0.25, 0.3) is 5.56 Å². The van der Waals surface area contributed by atoms with Gasteiger partial charge in [-0.3, -0.25) is 9.36 Å². The van der Waals surface area contributed by atoms with Crippen LogP contribution in [0.3, 0.4) is 0 Å². The molecule has 0 bridgehead atoms. The molecule has 0 aliphatic carbocycles. The van der Waals surface area contributed by atoms with E-state index in [1.165, 1.54) is 30.2 Å². The molecule has 33 heavy (non-hydrogen) atoms. The molecule has 1 aromatic heterocycles. The Labute approximate surface area is 198 Å². The van der Waals surface area contributed by atoms with E-state index in [4.69, 9.17) is 4.98 Å². The van der Waals surface area contributed by atoms with Crippen molar-refractivity contribution in [2.75, 3.05) is 14.1 Å². The average Bonchev–Trinajstić information content (AvgIpc) is 2.83. The molecule has 8 heteroatoms. The molecule has 0 radical (unpaired) electrons. The molecule has 0 N–H and O–H groups in total. The van der Waals surface area contributed by atoms with Crippen molar-refractivity contribution in [3.63, 3.8) is 0 Å². The van der Waals surface area contributed by atoms with E-state index in [2.05, 4.69) is 0 Å². The number of aromatic nitrogens is 2. The highest BCUT2D eigenvalue weighted by atomic mass is 32.2. The van der Waals surface area contributed by atoms with Crippen molar-refractivity contribution < 1.29 is 8.42 Å². The van der Waals surface area contributed by atoms with Gasteiger partial charge < -0.3 is 0 Å². The zero-order valence-electron chi connectivity index (χ0n) is 18.7. The molecule has 0 aliphatic heterocycles. The van der Waals surface area contributed by atoms with E-state index < -0.39 is 10.0 Å². The predicted molar refractivity (Wildman–Crippen MR) is 133 cm³/mol. The fourth-order valence-electron chi connectivity index (χ4n) is 3.60. The van der Waals surface area contributed by atoms with Gasteiger partial charge in [0, 0.05) is 19.8 Å². The lowest BCUT2D eigenvalue weighted by atomic mass is 10.1. The number of benzene rings is 3. The van der Waals surface area contributed by atoms with Gasteiger partial charge in [0.15, 0.2) is 5.16 Å². The van der Waals surface area contributed by atoms with Gasteiger partial charge in [-0.2, -0.15) is 0 Å². The Morgan fingerprint density at radius 1 is 0.970 bits per heavy atom. The van der Waals surface area contributed by atoms with Gasteiger partial charge >= 0.3 is 0 Å². The Hall–Kier alpha value is -2.94. The van der Waals surface area contributed by atoms with Gasteiger partial charge in [-0.25, -0.2) is 17.7 Å². The number of hydrogen-bond acceptors (Lipinski definition) is 5. The summed E-state index contributed by atoms with van der Waals surface area (Å²) in [4.78, 5) is 18.5. The standard InChI is InChI=1S/C25H25N3O3S2/c1-18(20-11-5-4-6-12-20)28-24(29)22-14-7-8-15-23(22)26-25(28)32-17-19-10-9-13-21(16-19)33(30,31)27(2)3/h4-16,18H,17H2,1-3H3/t18-/m1/s1. The molecule has 0 aliphatic rings. The van der Waals surface area contributed by atoms with E-state index in [0.717, 1.165) is 11.1 Å². The number of thioether (sulfide) groups is 1. The third-order valence-electron chi connectivity index (χ3n) is 5.49. The van der Waals surface area contributed by atoms with Crippen LogP contribution in [-0.4, -0.2) is 36.4 Å². The lowest BCUT2D eigenvalue weighted by Gasteiger charge is -2.20. The highest BCUT2D eigenvalue weighted by molar-refractivity contribution is 7.98. The Morgan fingerprint density at radius 3 is 2.39 bits per heavy atom. The Kier molecular flexibility index (Phi) is 6.69. The van der Waals surface area contributed by atoms with Crippen LogP contribution in [0.5, 0.6) is 0 Å². The highest BCUT2D eigenvalue weighted by Crippen LogP contribution is 2.28. The molecule has 0 unspecified atom stereocenters. The first-order valence-corrected chi connectivity index (χ1v) is 12.9. The van der Waals surface area contributed by atoms with Crippen molar-refractivity contribution in [3.05, 3.63) is 100 Å². The van der Waals surface area contributed by atoms with Gasteiger partial charge in [-0.05, 0) is 42.3 Å². The van der Waals surface area contributed by atoms with Crippen LogP contribution < -0.4 is 5.56 Å². The molecule has 4 rings (SSSR count). The smallest absolute Gasteiger partial charge is 0.262 e. The molecule has 6 nitrogen and oxygen atoms in total. The highest BCUT2D eigenvalue weighted by Gasteiger charge is 2.20. The summed E-state index contributed by atoms with van der Waals surface area (Å²) in [7, 11) is -0.496. The molecule has 0 spiro atoms. The lowest BCUT2D eigenvalue weighted by molar-refractivity contribution is 0.520. The molecule has 0 saturated carbocycles. The van der Waals surface area contributed by atoms with Gasteiger partial charge in [-0.15, -0.1) is 0 Å². The zero-order chi connectivity index (χ0) is 23.6. The first kappa shape index (κ1) is 23.2. The molecule has 0 saturated heterocycles. The van der Waals surface area contributed by atoms with Crippen molar-refractivity contribution >= 4 is 32.7 Å². The van der Waals surface area contributed by atoms with Crippen molar-refractivity contribution in [1.82, 2.24) is 13.9 Å². The van der Waals surface area contributed by atoms with Crippen LogP contribution in [0.4, 0.5) is 0 Å². The molecule has 0 fully saturated rings. The van der Waals surface area contributed by atoms with E-state index >= 15 is 0 Å². The van der Waals surface area contributed by atoms with Crippen LogP contribution in [0.15, 0.2) is 93.7 Å². The lowest BCUT2D eigenvalue weighted by Crippen LogP contribution is -2.27. The summed E-state index contributed by atoms with van der Waals surface area (Å²) in [5.74, 6) is 0.475. The molecule has 0 amide bonds. The third-order valence-corrected chi connectivity index (χ3v) is 8.32. The van der Waals surface area contributed by atoms with Gasteiger partial charge in [0.05, 0.1) is 21.8 Å². The zero-order valence-corrected chi connectivity index (χ0v) is 20.3. The first-order chi connectivity index (χ1) is 15.8. The minimum Gasteiger partial charge on any atom is -0.280 e. The van der Waals surface area contributed by atoms with E-state index in [9.17, 15) is 13.2 Å². The first-order valence-electron chi connectivity index (χ1n) is 10.5. The quantitative estimate of drug-likeness (QED) is 0.287. The molecular formula is C25H25N3O3S2. The van der Waals surface area contributed by atoms with Crippen LogP contribution in [0.1, 0.15) is 24.1 Å². The minimum atomic E-state index is -3.52. The molecule has 1 atom stereocenters. The van der Waals surface area contributed by atoms with Gasteiger partial charge in [0.1, 0.15) is 0 Å². The van der Waals surface area contributed by atoms with E-state index in [0.29, 0.717) is 21.8 Å². The number of rotatable bonds is 7. The SMILES string of the molecule is C[C@H](c1ccccc1)n1c(SCc2cccc(S(=O)(=O)N(C)C)c2)nc2ccccc2c1=O. The third kappa shape index (κ3) is 4.73. The summed E-state index contributed by atoms with van der Waals surface area (Å²) < 4.78 is 27.9. The molecule has 3 aromatic carbocycles. The molecule has 4 aromatic rings. The molecular weight excluding hydrogens is 454 g/mol. The second kappa shape index (κ2) is 9.51. The minimum absolute atomic E-state index is 0.0941. The van der Waals surface area contributed by atoms with Crippen molar-refractivity contribution in [2.24, 2.45) is 0 Å². The second-order valence-electron chi connectivity index (χ2n) is 7.90. The van der Waals surface area contributed by atoms with Crippen LogP contribution in [0.2, 0.25) is 0 Å². The predicted octanol–water partition coefficient (Wildman–Crippen LogP) is 4.55. The largest absolute Gasteiger partial charge is 0.280 e. The summed E-state index contributed by atoms with van der Waals surface area (Å²) in [6.45, 7) is 1.99. The van der Waals surface area contributed by atoms with Crippen LogP contribution in [0, 0.1) is 0 Å². The molecule has 1 heterocycles. The Bertz CT molecular complexity index is 1450. The average molecular weight is 480 g/mol. The van der Waals surface area contributed by atoms with E-state index in [1.54, 1.807) is 28.8 Å². The van der Waals surface area contributed by atoms with Crippen LogP contribution in [-0.2, 0) is 15.8 Å². The van der Waals surface area contributed by atoms with Crippen LogP contribution in [0.25, 0.3) is 10.9 Å². The number of para-hydroxylation sites is 1. The van der Waals surface area contributed by atoms with Crippen LogP contribution >= 0.6 is 11.8 Å². The van der Waals surface area contributed by atoms with Crippen molar-refractivity contribution in [1.29, 1.82) is 0 Å². The Balaban J connectivity index is 1.75. The number of hydrogen-bond donors (Lipinski definition) is 0. The maximum Gasteiger partial charge on any atom is 0.262 e. The fraction of sp³-hybridized carbons (Fsp3) is 0.200. The summed E-state index contributed by atoms with van der Waals surface area (Å²) in [6, 6.07) is 23.8. The topological polar surface area (TPSA) is 72.3 Å². The maximum atomic E-state index is 13.5. The van der Waals surface area contributed by atoms with Crippen molar-refractivity contribution in [3.8, 4) is 0 Å². The summed E-state index contributed by atoms with van der Waals surface area (Å²) >= 11 is 1.42. The normalized spacial score (nSPS) is 12.8. The van der Waals surface area contributed by atoms with Gasteiger partial charge in [0.2, 0.25) is 10.0 Å².